The van der Waals surface area contributed by atoms with E-state index >= 15 is 0 Å². The number of nitrogens with one attached hydrogen (secondary N) is 3. The van der Waals surface area contributed by atoms with Crippen molar-refractivity contribution in [2.45, 2.75) is 19.8 Å². The van der Waals surface area contributed by atoms with Crippen LogP contribution in [0.15, 0.2) is 48.5 Å². The number of amides is 2. The summed E-state index contributed by atoms with van der Waals surface area (Å²) in [6, 6.07) is 13.3. The van der Waals surface area contributed by atoms with Crippen molar-refractivity contribution in [3.63, 3.8) is 0 Å². The first-order chi connectivity index (χ1) is 12.3. The van der Waals surface area contributed by atoms with Gasteiger partial charge < -0.3 is 15.5 Å². The van der Waals surface area contributed by atoms with Gasteiger partial charge in [0.15, 0.2) is 13.1 Å². The van der Waals surface area contributed by atoms with Gasteiger partial charge in [-0.15, -0.1) is 0 Å². The van der Waals surface area contributed by atoms with Crippen LogP contribution in [0.5, 0.6) is 0 Å². The fourth-order valence-electron chi connectivity index (χ4n) is 2.66. The SMILES string of the molecule is CC(C)c1ccccc1NC(=O)C[NH+](C)CC(=O)Nc1ccc(F)cc1. The smallest absolute Gasteiger partial charge is 0.279 e. The van der Waals surface area contributed by atoms with Crippen molar-refractivity contribution in [1.82, 2.24) is 0 Å². The van der Waals surface area contributed by atoms with E-state index in [1.165, 1.54) is 24.3 Å². The van der Waals surface area contributed by atoms with E-state index in [0.717, 1.165) is 16.2 Å². The second kappa shape index (κ2) is 9.10. The Morgan fingerprint density at radius 1 is 0.962 bits per heavy atom. The lowest BCUT2D eigenvalue weighted by atomic mass is 10.0. The van der Waals surface area contributed by atoms with Gasteiger partial charge >= 0.3 is 0 Å². The van der Waals surface area contributed by atoms with Crippen molar-refractivity contribution in [3.05, 3.63) is 59.9 Å². The van der Waals surface area contributed by atoms with Crippen LogP contribution in [0.1, 0.15) is 25.3 Å². The van der Waals surface area contributed by atoms with Crippen molar-refractivity contribution in [2.24, 2.45) is 0 Å². The Morgan fingerprint density at radius 2 is 1.54 bits per heavy atom. The molecule has 0 bridgehead atoms. The zero-order valence-corrected chi connectivity index (χ0v) is 15.3. The van der Waals surface area contributed by atoms with Gasteiger partial charge in [0.2, 0.25) is 0 Å². The summed E-state index contributed by atoms with van der Waals surface area (Å²) in [5.74, 6) is -0.433. The molecule has 2 aromatic carbocycles. The number of carbonyl (C=O) groups excluding carboxylic acids is 2. The number of hydrogen-bond donors (Lipinski definition) is 3. The number of quaternary nitrogens is 1. The molecule has 3 N–H and O–H groups in total. The first kappa shape index (κ1) is 19.6. The van der Waals surface area contributed by atoms with Crippen molar-refractivity contribution >= 4 is 23.2 Å². The van der Waals surface area contributed by atoms with Gasteiger partial charge in [-0.1, -0.05) is 32.0 Å². The summed E-state index contributed by atoms with van der Waals surface area (Å²) < 4.78 is 12.9. The molecule has 26 heavy (non-hydrogen) atoms. The summed E-state index contributed by atoms with van der Waals surface area (Å²) in [5, 5.41) is 5.61. The molecule has 1 unspecified atom stereocenters. The van der Waals surface area contributed by atoms with E-state index in [9.17, 15) is 14.0 Å². The van der Waals surface area contributed by atoms with Crippen LogP contribution < -0.4 is 15.5 Å². The van der Waals surface area contributed by atoms with Crippen LogP contribution in [0.4, 0.5) is 15.8 Å². The molecule has 138 valence electrons. The predicted octanol–water partition coefficient (Wildman–Crippen LogP) is 2.04. The topological polar surface area (TPSA) is 62.6 Å². The van der Waals surface area contributed by atoms with Gasteiger partial charge in [-0.3, -0.25) is 9.59 Å². The van der Waals surface area contributed by atoms with Gasteiger partial charge in [0, 0.05) is 11.4 Å². The van der Waals surface area contributed by atoms with Gasteiger partial charge in [0.05, 0.1) is 7.05 Å². The van der Waals surface area contributed by atoms with E-state index in [1.54, 1.807) is 7.05 Å². The molecule has 0 radical (unpaired) electrons. The van der Waals surface area contributed by atoms with Crippen molar-refractivity contribution in [3.8, 4) is 0 Å². The number of benzene rings is 2. The van der Waals surface area contributed by atoms with Crippen LogP contribution in [0.3, 0.4) is 0 Å². The summed E-state index contributed by atoms with van der Waals surface area (Å²) in [4.78, 5) is 25.1. The van der Waals surface area contributed by atoms with E-state index < -0.39 is 0 Å². The van der Waals surface area contributed by atoms with Gasteiger partial charge in [-0.05, 0) is 41.8 Å². The Bertz CT molecular complexity index is 760. The van der Waals surface area contributed by atoms with Crippen LogP contribution in [-0.2, 0) is 9.59 Å². The summed E-state index contributed by atoms with van der Waals surface area (Å²) >= 11 is 0. The van der Waals surface area contributed by atoms with E-state index in [4.69, 9.17) is 0 Å². The molecule has 2 rings (SSSR count). The Kier molecular flexibility index (Phi) is 6.86. The molecular weight excluding hydrogens is 333 g/mol. The van der Waals surface area contributed by atoms with Crippen LogP contribution >= 0.6 is 0 Å². The third kappa shape index (κ3) is 5.97. The normalized spacial score (nSPS) is 11.9. The van der Waals surface area contributed by atoms with Crippen molar-refractivity contribution < 1.29 is 18.9 Å². The largest absolute Gasteiger partial charge is 0.322 e. The van der Waals surface area contributed by atoms with Gasteiger partial charge in [0.25, 0.3) is 11.8 Å². The van der Waals surface area contributed by atoms with E-state index in [-0.39, 0.29) is 30.7 Å². The lowest BCUT2D eigenvalue weighted by Gasteiger charge is -2.16. The molecule has 6 heteroatoms. The minimum atomic E-state index is -0.357. The number of para-hydroxylation sites is 1. The molecule has 0 saturated carbocycles. The maximum absolute atomic E-state index is 12.9. The maximum Gasteiger partial charge on any atom is 0.279 e. The van der Waals surface area contributed by atoms with E-state index in [0.29, 0.717) is 11.6 Å². The third-order valence-corrected chi connectivity index (χ3v) is 3.91. The monoisotopic (exact) mass is 358 g/mol. The highest BCUT2D eigenvalue weighted by Gasteiger charge is 2.16. The lowest BCUT2D eigenvalue weighted by molar-refractivity contribution is -0.862. The first-order valence-corrected chi connectivity index (χ1v) is 8.60. The van der Waals surface area contributed by atoms with Gasteiger partial charge in [0.1, 0.15) is 5.82 Å². The quantitative estimate of drug-likeness (QED) is 0.709. The molecule has 5 nitrogen and oxygen atoms in total. The number of anilines is 2. The van der Waals surface area contributed by atoms with Crippen LogP contribution in [0.2, 0.25) is 0 Å². The van der Waals surface area contributed by atoms with Crippen LogP contribution in [0, 0.1) is 5.82 Å². The van der Waals surface area contributed by atoms with Gasteiger partial charge in [-0.2, -0.15) is 0 Å². The third-order valence-electron chi connectivity index (χ3n) is 3.91. The van der Waals surface area contributed by atoms with Gasteiger partial charge in [-0.25, -0.2) is 4.39 Å². The maximum atomic E-state index is 12.9. The van der Waals surface area contributed by atoms with Crippen molar-refractivity contribution in [2.75, 3.05) is 30.8 Å². The molecule has 0 saturated heterocycles. The second-order valence-corrected chi connectivity index (χ2v) is 6.66. The number of hydrogen-bond acceptors (Lipinski definition) is 2. The standard InChI is InChI=1S/C20H24FN3O2/c1-14(2)17-6-4-5-7-18(17)23-20(26)13-24(3)12-19(25)22-16-10-8-15(21)9-11-16/h4-11,14H,12-13H2,1-3H3,(H,22,25)(H,23,26)/p+1. The minimum Gasteiger partial charge on any atom is -0.322 e. The number of halogens is 1. The summed E-state index contributed by atoms with van der Waals surface area (Å²) in [7, 11) is 1.78. The van der Waals surface area contributed by atoms with Crippen LogP contribution in [0.25, 0.3) is 0 Å². The molecule has 2 aromatic rings. The Hall–Kier alpha value is -2.73. The minimum absolute atomic E-state index is 0.136. The molecule has 0 aliphatic carbocycles. The summed E-state index contributed by atoms with van der Waals surface area (Å²) in [6.45, 7) is 4.45. The molecule has 0 aliphatic rings. The predicted molar refractivity (Wildman–Crippen MR) is 101 cm³/mol. The summed E-state index contributed by atoms with van der Waals surface area (Å²) in [5.41, 5.74) is 2.41. The molecule has 0 aromatic heterocycles. The average Bonchev–Trinajstić information content (AvgIpc) is 2.56. The van der Waals surface area contributed by atoms with E-state index in [1.807, 2.05) is 24.3 Å². The number of likely N-dealkylation sites (N-methyl/N-ethyl adjacent to an activating group) is 1. The zero-order valence-electron chi connectivity index (χ0n) is 15.3. The number of carbonyl (C=O) groups is 2. The molecule has 0 aliphatic heterocycles. The fourth-order valence-corrected chi connectivity index (χ4v) is 2.66. The Balaban J connectivity index is 1.85. The second-order valence-electron chi connectivity index (χ2n) is 6.66. The summed E-state index contributed by atoms with van der Waals surface area (Å²) in [6.07, 6.45) is 0. The number of rotatable bonds is 7. The highest BCUT2D eigenvalue weighted by molar-refractivity contribution is 5.93. The molecular formula is C20H25FN3O2+. The average molecular weight is 358 g/mol. The first-order valence-electron chi connectivity index (χ1n) is 8.60. The molecule has 2 amide bonds. The molecule has 0 spiro atoms. The fraction of sp³-hybridized carbons (Fsp3) is 0.300. The zero-order chi connectivity index (χ0) is 19.1. The van der Waals surface area contributed by atoms with Crippen molar-refractivity contribution in [1.29, 1.82) is 0 Å². The Labute approximate surface area is 153 Å². The lowest BCUT2D eigenvalue weighted by Crippen LogP contribution is -3.11. The Morgan fingerprint density at radius 3 is 2.15 bits per heavy atom. The molecule has 0 heterocycles. The van der Waals surface area contributed by atoms with Crippen LogP contribution in [-0.4, -0.2) is 32.0 Å². The molecule has 0 fully saturated rings. The highest BCUT2D eigenvalue weighted by atomic mass is 19.1. The molecule has 1 atom stereocenters. The van der Waals surface area contributed by atoms with E-state index in [2.05, 4.69) is 24.5 Å². The highest BCUT2D eigenvalue weighted by Crippen LogP contribution is 2.23.